The Kier molecular flexibility index (Phi) is 3.71. The molecule has 0 bridgehead atoms. The van der Waals surface area contributed by atoms with Gasteiger partial charge in [0.25, 0.3) is 0 Å². The fourth-order valence-electron chi connectivity index (χ4n) is 3.75. The predicted molar refractivity (Wildman–Crippen MR) is 90.1 cm³/mol. The zero-order valence-electron chi connectivity index (χ0n) is 14.1. The van der Waals surface area contributed by atoms with Crippen LogP contribution >= 0.6 is 0 Å². The topological polar surface area (TPSA) is 53.7 Å². The number of carboxylic acid groups (broad SMARTS) is 1. The molecule has 122 valence electrons. The SMILES string of the molecule is Cc1cccc2c1N(Cc1ccc(C(=O)O)o1)C(C)(C)C[C@@H]2C. The number of anilines is 1. The van der Waals surface area contributed by atoms with Crippen LogP contribution in [0.15, 0.2) is 34.7 Å². The minimum absolute atomic E-state index is 0.00630. The molecule has 4 nitrogen and oxygen atoms in total. The predicted octanol–water partition coefficient (Wildman–Crippen LogP) is 4.58. The number of fused-ring (bicyclic) bond motifs is 1. The van der Waals surface area contributed by atoms with E-state index in [0.29, 0.717) is 18.2 Å². The third-order valence-electron chi connectivity index (χ3n) is 4.79. The zero-order valence-corrected chi connectivity index (χ0v) is 14.1. The highest BCUT2D eigenvalue weighted by Crippen LogP contribution is 2.45. The van der Waals surface area contributed by atoms with E-state index in [1.807, 2.05) is 0 Å². The van der Waals surface area contributed by atoms with E-state index in [2.05, 4.69) is 50.8 Å². The summed E-state index contributed by atoms with van der Waals surface area (Å²) in [6.07, 6.45) is 1.05. The number of furan rings is 1. The summed E-state index contributed by atoms with van der Waals surface area (Å²) < 4.78 is 5.48. The molecule has 0 saturated heterocycles. The van der Waals surface area contributed by atoms with Gasteiger partial charge in [0.05, 0.1) is 6.54 Å². The van der Waals surface area contributed by atoms with Crippen LogP contribution in [0.25, 0.3) is 0 Å². The molecule has 0 amide bonds. The number of hydrogen-bond donors (Lipinski definition) is 1. The molecule has 3 rings (SSSR count). The van der Waals surface area contributed by atoms with E-state index in [-0.39, 0.29) is 11.3 Å². The van der Waals surface area contributed by atoms with Gasteiger partial charge in [-0.2, -0.15) is 0 Å². The standard InChI is InChI=1S/C19H23NO3/c1-12-6-5-7-15-13(2)10-19(3,4)20(17(12)15)11-14-8-9-16(23-14)18(21)22/h5-9,13H,10-11H2,1-4H3,(H,21,22)/t13-/m0/s1. The molecule has 0 fully saturated rings. The van der Waals surface area contributed by atoms with E-state index in [0.717, 1.165) is 6.42 Å². The van der Waals surface area contributed by atoms with Crippen LogP contribution in [0.1, 0.15) is 60.6 Å². The average Bonchev–Trinajstić information content (AvgIpc) is 2.92. The maximum absolute atomic E-state index is 11.0. The molecule has 2 aromatic rings. The number of hydrogen-bond acceptors (Lipinski definition) is 3. The lowest BCUT2D eigenvalue weighted by atomic mass is 9.79. The first-order valence-corrected chi connectivity index (χ1v) is 7.99. The van der Waals surface area contributed by atoms with Crippen LogP contribution in [0.5, 0.6) is 0 Å². The Bertz CT molecular complexity index is 745. The van der Waals surface area contributed by atoms with Crippen LogP contribution in [0.4, 0.5) is 5.69 Å². The van der Waals surface area contributed by atoms with Crippen molar-refractivity contribution in [3.63, 3.8) is 0 Å². The highest BCUT2D eigenvalue weighted by molar-refractivity contribution is 5.84. The first-order valence-electron chi connectivity index (χ1n) is 7.99. The molecular weight excluding hydrogens is 290 g/mol. The van der Waals surface area contributed by atoms with Crippen molar-refractivity contribution < 1.29 is 14.3 Å². The molecule has 1 aliphatic rings. The lowest BCUT2D eigenvalue weighted by Gasteiger charge is -2.48. The minimum atomic E-state index is -1.03. The number of aryl methyl sites for hydroxylation is 1. The van der Waals surface area contributed by atoms with Crippen molar-refractivity contribution in [3.05, 3.63) is 53.0 Å². The molecule has 0 unspecified atom stereocenters. The molecule has 0 aliphatic carbocycles. The summed E-state index contributed by atoms with van der Waals surface area (Å²) in [7, 11) is 0. The van der Waals surface area contributed by atoms with Crippen molar-refractivity contribution in [1.29, 1.82) is 0 Å². The number of carbonyl (C=O) groups is 1. The number of para-hydroxylation sites is 1. The second-order valence-corrected chi connectivity index (χ2v) is 7.09. The second kappa shape index (κ2) is 5.44. The van der Waals surface area contributed by atoms with Gasteiger partial charge in [-0.15, -0.1) is 0 Å². The molecule has 1 aliphatic heterocycles. The van der Waals surface area contributed by atoms with Gasteiger partial charge in [0.1, 0.15) is 5.76 Å². The molecule has 1 aromatic carbocycles. The van der Waals surface area contributed by atoms with E-state index in [1.54, 1.807) is 6.07 Å². The van der Waals surface area contributed by atoms with Gasteiger partial charge >= 0.3 is 5.97 Å². The van der Waals surface area contributed by atoms with Crippen LogP contribution in [-0.4, -0.2) is 16.6 Å². The van der Waals surface area contributed by atoms with E-state index in [1.165, 1.54) is 22.9 Å². The second-order valence-electron chi connectivity index (χ2n) is 7.09. The van der Waals surface area contributed by atoms with Gasteiger partial charge in [0, 0.05) is 11.2 Å². The number of aromatic carboxylic acids is 1. The smallest absolute Gasteiger partial charge is 0.371 e. The fraction of sp³-hybridized carbons (Fsp3) is 0.421. The Morgan fingerprint density at radius 3 is 2.74 bits per heavy atom. The number of nitrogens with zero attached hydrogens (tertiary/aromatic N) is 1. The summed E-state index contributed by atoms with van der Waals surface area (Å²) in [6, 6.07) is 9.72. The van der Waals surface area contributed by atoms with Crippen molar-refractivity contribution in [2.24, 2.45) is 0 Å². The summed E-state index contributed by atoms with van der Waals surface area (Å²) in [6.45, 7) is 9.45. The van der Waals surface area contributed by atoms with E-state index in [4.69, 9.17) is 9.52 Å². The molecule has 1 aromatic heterocycles. The maximum atomic E-state index is 11.0. The van der Waals surface area contributed by atoms with Gasteiger partial charge in [-0.25, -0.2) is 4.79 Å². The third kappa shape index (κ3) is 2.74. The lowest BCUT2D eigenvalue weighted by Crippen LogP contribution is -2.48. The van der Waals surface area contributed by atoms with Crippen LogP contribution in [0.2, 0.25) is 0 Å². The van der Waals surface area contributed by atoms with Crippen molar-refractivity contribution in [2.45, 2.75) is 52.1 Å². The Balaban J connectivity index is 2.02. The molecule has 1 N–H and O–H groups in total. The van der Waals surface area contributed by atoms with Crippen LogP contribution < -0.4 is 4.90 Å². The van der Waals surface area contributed by atoms with Gasteiger partial charge in [-0.3, -0.25) is 0 Å². The van der Waals surface area contributed by atoms with Crippen LogP contribution in [0, 0.1) is 6.92 Å². The molecule has 1 atom stereocenters. The van der Waals surface area contributed by atoms with Gasteiger partial charge < -0.3 is 14.4 Å². The largest absolute Gasteiger partial charge is 0.475 e. The quantitative estimate of drug-likeness (QED) is 0.901. The number of carboxylic acids is 1. The van der Waals surface area contributed by atoms with E-state index < -0.39 is 5.97 Å². The van der Waals surface area contributed by atoms with Crippen molar-refractivity contribution in [1.82, 2.24) is 0 Å². The summed E-state index contributed by atoms with van der Waals surface area (Å²) in [5.41, 5.74) is 3.83. The van der Waals surface area contributed by atoms with Crippen molar-refractivity contribution in [2.75, 3.05) is 4.90 Å². The average molecular weight is 313 g/mol. The van der Waals surface area contributed by atoms with E-state index >= 15 is 0 Å². The van der Waals surface area contributed by atoms with Crippen molar-refractivity contribution in [3.8, 4) is 0 Å². The molecule has 4 heteroatoms. The van der Waals surface area contributed by atoms with Gasteiger partial charge in [-0.05, 0) is 56.4 Å². The first-order chi connectivity index (χ1) is 10.8. The highest BCUT2D eigenvalue weighted by Gasteiger charge is 2.37. The molecular formula is C19H23NO3. The number of rotatable bonds is 3. The summed E-state index contributed by atoms with van der Waals surface area (Å²) >= 11 is 0. The van der Waals surface area contributed by atoms with Gasteiger partial charge in [0.2, 0.25) is 5.76 Å². The minimum Gasteiger partial charge on any atom is -0.475 e. The Labute approximate surface area is 136 Å². The maximum Gasteiger partial charge on any atom is 0.371 e. The Morgan fingerprint density at radius 1 is 1.35 bits per heavy atom. The molecule has 0 saturated carbocycles. The molecule has 23 heavy (non-hydrogen) atoms. The Morgan fingerprint density at radius 2 is 2.09 bits per heavy atom. The first kappa shape index (κ1) is 15.7. The fourth-order valence-corrected chi connectivity index (χ4v) is 3.75. The summed E-state index contributed by atoms with van der Waals surface area (Å²) in [5, 5.41) is 9.04. The van der Waals surface area contributed by atoms with Crippen molar-refractivity contribution >= 4 is 11.7 Å². The zero-order chi connectivity index (χ0) is 16.8. The van der Waals surface area contributed by atoms with Crippen LogP contribution in [0.3, 0.4) is 0 Å². The number of benzene rings is 1. The third-order valence-corrected chi connectivity index (χ3v) is 4.79. The summed E-state index contributed by atoms with van der Waals surface area (Å²) in [4.78, 5) is 13.4. The normalized spacial score (nSPS) is 19.5. The highest BCUT2D eigenvalue weighted by atomic mass is 16.4. The lowest BCUT2D eigenvalue weighted by molar-refractivity contribution is 0.0660. The van der Waals surface area contributed by atoms with Crippen LogP contribution in [-0.2, 0) is 6.54 Å². The van der Waals surface area contributed by atoms with E-state index in [9.17, 15) is 4.79 Å². The molecule has 0 radical (unpaired) electrons. The molecule has 2 heterocycles. The summed E-state index contributed by atoms with van der Waals surface area (Å²) in [5.74, 6) is 0.147. The molecule has 0 spiro atoms. The van der Waals surface area contributed by atoms with Gasteiger partial charge in [0.15, 0.2) is 0 Å². The Hall–Kier alpha value is -2.23. The van der Waals surface area contributed by atoms with Gasteiger partial charge in [-0.1, -0.05) is 25.1 Å². The monoisotopic (exact) mass is 313 g/mol.